The number of aromatic nitrogens is 2. The van der Waals surface area contributed by atoms with Gasteiger partial charge in [-0.25, -0.2) is 0 Å². The number of anilines is 1. The average Bonchev–Trinajstić information content (AvgIpc) is 2.79. The summed E-state index contributed by atoms with van der Waals surface area (Å²) in [4.78, 5) is 1.99. The summed E-state index contributed by atoms with van der Waals surface area (Å²) < 4.78 is 11.0. The average molecular weight is 240 g/mol. The first-order chi connectivity index (χ1) is 8.29. The van der Waals surface area contributed by atoms with Gasteiger partial charge in [-0.2, -0.15) is 0 Å². The Morgan fingerprint density at radius 3 is 3.06 bits per heavy atom. The van der Waals surface area contributed by atoms with Crippen LogP contribution in [0.25, 0.3) is 0 Å². The normalized spacial score (nSPS) is 20.5. The van der Waals surface area contributed by atoms with E-state index in [9.17, 15) is 0 Å². The van der Waals surface area contributed by atoms with Crippen molar-refractivity contribution in [3.05, 3.63) is 5.89 Å². The molecule has 0 radical (unpaired) electrons. The topological polar surface area (TPSA) is 77.4 Å². The molecular weight excluding hydrogens is 220 g/mol. The first kappa shape index (κ1) is 12.3. The molecule has 96 valence electrons. The Morgan fingerprint density at radius 2 is 2.35 bits per heavy atom. The predicted octanol–water partition coefficient (Wildman–Crippen LogP) is 0.434. The minimum absolute atomic E-state index is 0.530. The summed E-state index contributed by atoms with van der Waals surface area (Å²) in [5.41, 5.74) is 5.44. The minimum Gasteiger partial charge on any atom is -0.408 e. The van der Waals surface area contributed by atoms with Crippen LogP contribution in [0.1, 0.15) is 18.7 Å². The molecule has 1 aromatic heterocycles. The van der Waals surface area contributed by atoms with Crippen LogP contribution in [0.4, 0.5) is 6.01 Å². The lowest BCUT2D eigenvalue weighted by Gasteiger charge is -2.25. The molecule has 2 N–H and O–H groups in total. The van der Waals surface area contributed by atoms with Crippen LogP contribution in [0.3, 0.4) is 0 Å². The van der Waals surface area contributed by atoms with Crippen LogP contribution in [-0.4, -0.2) is 43.5 Å². The number of hydrogen-bond donors (Lipinski definition) is 1. The Morgan fingerprint density at radius 1 is 1.47 bits per heavy atom. The zero-order chi connectivity index (χ0) is 12.1. The standard InChI is InChI=1S/C11H20N4O2/c1-15(7-9-3-2-6-16-8-9)11-14-13-10(17-11)4-5-12/h9H,2-8,12H2,1H3. The highest BCUT2D eigenvalue weighted by Gasteiger charge is 2.18. The lowest BCUT2D eigenvalue weighted by Crippen LogP contribution is -2.31. The highest BCUT2D eigenvalue weighted by atomic mass is 16.5. The summed E-state index contributed by atoms with van der Waals surface area (Å²) in [6, 6.07) is 0.569. The maximum Gasteiger partial charge on any atom is 0.317 e. The number of hydrogen-bond acceptors (Lipinski definition) is 6. The molecule has 0 aliphatic carbocycles. The minimum atomic E-state index is 0.530. The molecule has 1 unspecified atom stereocenters. The maximum absolute atomic E-state index is 5.51. The third kappa shape index (κ3) is 3.41. The first-order valence-corrected chi connectivity index (χ1v) is 6.11. The van der Waals surface area contributed by atoms with Crippen molar-refractivity contribution in [1.82, 2.24) is 10.2 Å². The summed E-state index contributed by atoms with van der Waals surface area (Å²) in [7, 11) is 1.97. The fraction of sp³-hybridized carbons (Fsp3) is 0.818. The van der Waals surface area contributed by atoms with Gasteiger partial charge >= 0.3 is 6.01 Å². The Balaban J connectivity index is 1.86. The third-order valence-corrected chi connectivity index (χ3v) is 2.93. The van der Waals surface area contributed by atoms with E-state index in [4.69, 9.17) is 14.9 Å². The molecule has 0 aromatic carbocycles. The summed E-state index contributed by atoms with van der Waals surface area (Å²) in [5, 5.41) is 7.96. The van der Waals surface area contributed by atoms with Gasteiger partial charge in [-0.3, -0.25) is 0 Å². The van der Waals surface area contributed by atoms with Crippen molar-refractivity contribution in [3.63, 3.8) is 0 Å². The first-order valence-electron chi connectivity index (χ1n) is 6.11. The second-order valence-electron chi connectivity index (χ2n) is 4.48. The largest absolute Gasteiger partial charge is 0.408 e. The van der Waals surface area contributed by atoms with E-state index in [0.29, 0.717) is 30.8 Å². The van der Waals surface area contributed by atoms with Gasteiger partial charge in [0.05, 0.1) is 6.61 Å². The zero-order valence-electron chi connectivity index (χ0n) is 10.3. The van der Waals surface area contributed by atoms with Crippen molar-refractivity contribution in [2.45, 2.75) is 19.3 Å². The van der Waals surface area contributed by atoms with Crippen molar-refractivity contribution in [2.24, 2.45) is 11.7 Å². The molecule has 17 heavy (non-hydrogen) atoms. The number of rotatable bonds is 5. The monoisotopic (exact) mass is 240 g/mol. The van der Waals surface area contributed by atoms with Gasteiger partial charge in [-0.1, -0.05) is 5.10 Å². The van der Waals surface area contributed by atoms with Gasteiger partial charge < -0.3 is 19.8 Å². The molecule has 2 rings (SSSR count). The smallest absolute Gasteiger partial charge is 0.317 e. The van der Waals surface area contributed by atoms with Gasteiger partial charge in [0.2, 0.25) is 5.89 Å². The molecule has 1 aliphatic heterocycles. The molecule has 1 fully saturated rings. The molecule has 1 atom stereocenters. The van der Waals surface area contributed by atoms with Gasteiger partial charge in [0, 0.05) is 39.1 Å². The zero-order valence-corrected chi connectivity index (χ0v) is 10.3. The Labute approximate surface area is 101 Å². The highest BCUT2D eigenvalue weighted by Crippen LogP contribution is 2.18. The van der Waals surface area contributed by atoms with Crippen LogP contribution in [0.15, 0.2) is 4.42 Å². The number of nitrogens with two attached hydrogens (primary N) is 1. The van der Waals surface area contributed by atoms with Gasteiger partial charge in [-0.15, -0.1) is 5.10 Å². The molecule has 6 heteroatoms. The molecule has 0 saturated carbocycles. The molecule has 1 aromatic rings. The van der Waals surface area contributed by atoms with Crippen LogP contribution < -0.4 is 10.6 Å². The van der Waals surface area contributed by atoms with E-state index in [-0.39, 0.29) is 0 Å². The summed E-state index contributed by atoms with van der Waals surface area (Å²) in [5.74, 6) is 1.16. The fourth-order valence-electron chi connectivity index (χ4n) is 2.04. The molecule has 0 amide bonds. The maximum atomic E-state index is 5.51. The predicted molar refractivity (Wildman–Crippen MR) is 63.9 cm³/mol. The van der Waals surface area contributed by atoms with Gasteiger partial charge in [0.1, 0.15) is 0 Å². The molecule has 0 bridgehead atoms. The van der Waals surface area contributed by atoms with Crippen molar-refractivity contribution in [3.8, 4) is 0 Å². The quantitative estimate of drug-likeness (QED) is 0.804. The van der Waals surface area contributed by atoms with Crippen LogP contribution in [0.5, 0.6) is 0 Å². The number of ether oxygens (including phenoxy) is 1. The molecule has 0 spiro atoms. The highest BCUT2D eigenvalue weighted by molar-refractivity contribution is 5.22. The van der Waals surface area contributed by atoms with Crippen LogP contribution in [-0.2, 0) is 11.2 Å². The molecule has 1 aliphatic rings. The Hall–Kier alpha value is -1.14. The van der Waals surface area contributed by atoms with E-state index in [1.807, 2.05) is 11.9 Å². The van der Waals surface area contributed by atoms with Gasteiger partial charge in [0.25, 0.3) is 0 Å². The second kappa shape index (κ2) is 5.97. The molecule has 1 saturated heterocycles. The SMILES string of the molecule is CN(CC1CCCOC1)c1nnc(CCN)o1. The molecule has 2 heterocycles. The molecular formula is C11H20N4O2. The van der Waals surface area contributed by atoms with Crippen molar-refractivity contribution in [2.75, 3.05) is 38.3 Å². The lowest BCUT2D eigenvalue weighted by molar-refractivity contribution is 0.0573. The third-order valence-electron chi connectivity index (χ3n) is 2.93. The van der Waals surface area contributed by atoms with E-state index in [1.165, 1.54) is 6.42 Å². The Kier molecular flexibility index (Phi) is 4.33. The summed E-state index contributed by atoms with van der Waals surface area (Å²) >= 11 is 0. The van der Waals surface area contributed by atoms with Crippen LogP contribution in [0.2, 0.25) is 0 Å². The molecule has 6 nitrogen and oxygen atoms in total. The number of nitrogens with zero attached hydrogens (tertiary/aromatic N) is 3. The fourth-order valence-corrected chi connectivity index (χ4v) is 2.04. The van der Waals surface area contributed by atoms with E-state index >= 15 is 0 Å². The summed E-state index contributed by atoms with van der Waals surface area (Å²) in [6.45, 7) is 3.14. The van der Waals surface area contributed by atoms with Gasteiger partial charge in [-0.05, 0) is 12.8 Å². The van der Waals surface area contributed by atoms with Crippen molar-refractivity contribution >= 4 is 6.01 Å². The van der Waals surface area contributed by atoms with E-state index in [0.717, 1.165) is 26.2 Å². The van der Waals surface area contributed by atoms with E-state index in [2.05, 4.69) is 10.2 Å². The Bertz CT molecular complexity index is 336. The van der Waals surface area contributed by atoms with E-state index in [1.54, 1.807) is 0 Å². The van der Waals surface area contributed by atoms with Gasteiger partial charge in [0.15, 0.2) is 0 Å². The summed E-state index contributed by atoms with van der Waals surface area (Å²) in [6.07, 6.45) is 2.97. The van der Waals surface area contributed by atoms with Crippen molar-refractivity contribution in [1.29, 1.82) is 0 Å². The van der Waals surface area contributed by atoms with E-state index < -0.39 is 0 Å². The van der Waals surface area contributed by atoms with Crippen LogP contribution in [0, 0.1) is 5.92 Å². The van der Waals surface area contributed by atoms with Crippen molar-refractivity contribution < 1.29 is 9.15 Å². The van der Waals surface area contributed by atoms with Crippen LogP contribution >= 0.6 is 0 Å². The second-order valence-corrected chi connectivity index (χ2v) is 4.48. The lowest BCUT2D eigenvalue weighted by atomic mass is 10.0.